The van der Waals surface area contributed by atoms with Crippen LogP contribution in [0.3, 0.4) is 0 Å². The van der Waals surface area contributed by atoms with E-state index in [0.717, 1.165) is 23.5 Å². The molecule has 198 valence electrons. The molecule has 5 rings (SSSR count). The molecular formula is C28H32N6O3S. The highest BCUT2D eigenvalue weighted by Gasteiger charge is 2.33. The Kier molecular flexibility index (Phi) is 8.65. The first kappa shape index (κ1) is 27.2. The number of amides is 2. The normalized spacial score (nSPS) is 15.5. The third kappa shape index (κ3) is 6.32. The molecule has 0 bridgehead atoms. The highest BCUT2D eigenvalue weighted by Crippen LogP contribution is 2.35. The predicted molar refractivity (Wildman–Crippen MR) is 147 cm³/mol. The van der Waals surface area contributed by atoms with Crippen LogP contribution < -0.4 is 11.1 Å². The van der Waals surface area contributed by atoms with Gasteiger partial charge in [-0.05, 0) is 51.8 Å². The van der Waals surface area contributed by atoms with Crippen LogP contribution in [0.4, 0.5) is 0 Å². The van der Waals surface area contributed by atoms with Crippen molar-refractivity contribution in [3.05, 3.63) is 87.2 Å². The van der Waals surface area contributed by atoms with Crippen LogP contribution in [0.25, 0.3) is 11.5 Å². The van der Waals surface area contributed by atoms with E-state index < -0.39 is 6.04 Å². The van der Waals surface area contributed by atoms with Crippen LogP contribution in [0.15, 0.2) is 58.3 Å². The molecule has 3 heterocycles. The van der Waals surface area contributed by atoms with Crippen molar-refractivity contribution in [2.24, 2.45) is 5.73 Å². The molecule has 9 nitrogen and oxygen atoms in total. The SMILES string of the molecule is CNC(=O)c1cc(C(=O)N2CCC[C@@H]2c2nc(C)cs2)cc(-c2nnc([C@H](C)N)o2)c1.Cc1ccccc1. The molecule has 10 heteroatoms. The van der Waals surface area contributed by atoms with Crippen molar-refractivity contribution < 1.29 is 14.0 Å². The number of nitrogens with zero attached hydrogens (tertiary/aromatic N) is 4. The summed E-state index contributed by atoms with van der Waals surface area (Å²) in [6.07, 6.45) is 1.76. The Morgan fingerprint density at radius 3 is 2.45 bits per heavy atom. The summed E-state index contributed by atoms with van der Waals surface area (Å²) in [5.74, 6) is 0.0261. The molecule has 2 aromatic heterocycles. The van der Waals surface area contributed by atoms with Crippen LogP contribution in [0.1, 0.15) is 74.7 Å². The predicted octanol–water partition coefficient (Wildman–Crippen LogP) is 4.85. The zero-order valence-corrected chi connectivity index (χ0v) is 22.8. The summed E-state index contributed by atoms with van der Waals surface area (Å²) in [6.45, 7) is 6.40. The maximum Gasteiger partial charge on any atom is 0.254 e. The Bertz CT molecular complexity index is 1400. The van der Waals surface area contributed by atoms with E-state index in [0.29, 0.717) is 23.2 Å². The van der Waals surface area contributed by atoms with Gasteiger partial charge in [-0.15, -0.1) is 21.5 Å². The van der Waals surface area contributed by atoms with Crippen LogP contribution >= 0.6 is 11.3 Å². The molecule has 3 N–H and O–H groups in total. The quantitative estimate of drug-likeness (QED) is 0.376. The molecule has 1 fully saturated rings. The number of hydrogen-bond acceptors (Lipinski definition) is 8. The van der Waals surface area contributed by atoms with Gasteiger partial charge in [0.15, 0.2) is 0 Å². The molecule has 1 aliphatic heterocycles. The number of hydrogen-bond donors (Lipinski definition) is 2. The lowest BCUT2D eigenvalue weighted by Gasteiger charge is -2.23. The molecule has 2 amide bonds. The van der Waals surface area contributed by atoms with Crippen molar-refractivity contribution in [2.75, 3.05) is 13.6 Å². The monoisotopic (exact) mass is 532 g/mol. The number of aromatic nitrogens is 3. The van der Waals surface area contributed by atoms with Gasteiger partial charge in [0.1, 0.15) is 5.01 Å². The van der Waals surface area contributed by atoms with E-state index >= 15 is 0 Å². The number of carbonyl (C=O) groups is 2. The molecule has 0 unspecified atom stereocenters. The number of benzene rings is 2. The Hall–Kier alpha value is -3.89. The van der Waals surface area contributed by atoms with E-state index in [-0.39, 0.29) is 29.6 Å². The van der Waals surface area contributed by atoms with Crippen LogP contribution in [0, 0.1) is 13.8 Å². The van der Waals surface area contributed by atoms with Crippen molar-refractivity contribution in [1.29, 1.82) is 0 Å². The van der Waals surface area contributed by atoms with Gasteiger partial charge in [-0.1, -0.05) is 35.9 Å². The second-order valence-corrected chi connectivity index (χ2v) is 10.1. The number of carbonyl (C=O) groups excluding carboxylic acids is 2. The summed E-state index contributed by atoms with van der Waals surface area (Å²) in [7, 11) is 1.54. The minimum atomic E-state index is -0.420. The summed E-state index contributed by atoms with van der Waals surface area (Å²) in [6, 6.07) is 14.7. The van der Waals surface area contributed by atoms with Crippen LogP contribution in [0.5, 0.6) is 0 Å². The number of thiazole rings is 1. The van der Waals surface area contributed by atoms with Gasteiger partial charge in [-0.3, -0.25) is 9.59 Å². The standard InChI is InChI=1S/C21H24N6O3S.C7H8/c1-11-10-31-20(24-11)16-5-4-6-27(16)21(29)15-8-13(17(28)23-3)7-14(9-15)19-26-25-18(30-19)12(2)22;1-7-5-3-2-4-6-7/h7-10,12,16H,4-6,22H2,1-3H3,(H,23,28);2-6H,1H3/t12-,16+;/m0./s1. The Morgan fingerprint density at radius 1 is 1.13 bits per heavy atom. The molecule has 1 saturated heterocycles. The topological polar surface area (TPSA) is 127 Å². The maximum atomic E-state index is 13.5. The van der Waals surface area contributed by atoms with Crippen molar-refractivity contribution in [2.45, 2.75) is 45.7 Å². The van der Waals surface area contributed by atoms with Crippen molar-refractivity contribution in [3.63, 3.8) is 0 Å². The average Bonchev–Trinajstić information content (AvgIpc) is 3.69. The molecule has 38 heavy (non-hydrogen) atoms. The van der Waals surface area contributed by atoms with Gasteiger partial charge >= 0.3 is 0 Å². The van der Waals surface area contributed by atoms with Crippen LogP contribution in [0.2, 0.25) is 0 Å². The highest BCUT2D eigenvalue weighted by molar-refractivity contribution is 7.09. The second-order valence-electron chi connectivity index (χ2n) is 9.25. The summed E-state index contributed by atoms with van der Waals surface area (Å²) in [5.41, 5.74) is 9.30. The average molecular weight is 533 g/mol. The molecule has 1 aliphatic rings. The molecule has 0 aliphatic carbocycles. The van der Waals surface area contributed by atoms with E-state index in [1.807, 2.05) is 35.4 Å². The fourth-order valence-corrected chi connectivity index (χ4v) is 5.12. The van der Waals surface area contributed by atoms with Gasteiger partial charge in [-0.25, -0.2) is 4.98 Å². The van der Waals surface area contributed by atoms with Gasteiger partial charge in [-0.2, -0.15) is 0 Å². The van der Waals surface area contributed by atoms with Gasteiger partial charge < -0.3 is 20.4 Å². The smallest absolute Gasteiger partial charge is 0.254 e. The Labute approximate surface area is 226 Å². The highest BCUT2D eigenvalue weighted by atomic mass is 32.1. The third-order valence-electron chi connectivity index (χ3n) is 6.12. The number of rotatable bonds is 5. The van der Waals surface area contributed by atoms with E-state index in [4.69, 9.17) is 10.2 Å². The lowest BCUT2D eigenvalue weighted by Crippen LogP contribution is -2.31. The first-order valence-electron chi connectivity index (χ1n) is 12.5. The molecule has 2 atom stereocenters. The largest absolute Gasteiger partial charge is 0.419 e. The van der Waals surface area contributed by atoms with Crippen molar-refractivity contribution in [3.8, 4) is 11.5 Å². The zero-order valence-electron chi connectivity index (χ0n) is 22.0. The van der Waals surface area contributed by atoms with E-state index in [1.165, 1.54) is 5.56 Å². The number of likely N-dealkylation sites (tertiary alicyclic amines) is 1. The lowest BCUT2D eigenvalue weighted by atomic mass is 10.0. The van der Waals surface area contributed by atoms with Gasteiger partial charge in [0, 0.05) is 41.4 Å². The van der Waals surface area contributed by atoms with Crippen molar-refractivity contribution in [1.82, 2.24) is 25.4 Å². The zero-order chi connectivity index (χ0) is 27.2. The van der Waals surface area contributed by atoms with Crippen LogP contribution in [-0.4, -0.2) is 45.5 Å². The maximum absolute atomic E-state index is 13.5. The first-order chi connectivity index (χ1) is 18.3. The Morgan fingerprint density at radius 2 is 1.87 bits per heavy atom. The summed E-state index contributed by atoms with van der Waals surface area (Å²) in [5, 5.41) is 13.5. The van der Waals surface area contributed by atoms with Gasteiger partial charge in [0.05, 0.1) is 12.1 Å². The molecule has 4 aromatic rings. The summed E-state index contributed by atoms with van der Waals surface area (Å²) >= 11 is 1.57. The van der Waals surface area contributed by atoms with E-state index in [1.54, 1.807) is 43.5 Å². The molecule has 2 aromatic carbocycles. The fourth-order valence-electron chi connectivity index (χ4n) is 4.18. The Balaban J connectivity index is 0.000000417. The van der Waals surface area contributed by atoms with Gasteiger partial charge in [0.2, 0.25) is 11.8 Å². The fraction of sp³-hybridized carbons (Fsp3) is 0.321. The molecule has 0 spiro atoms. The number of aryl methyl sites for hydroxylation is 2. The minimum Gasteiger partial charge on any atom is -0.419 e. The van der Waals surface area contributed by atoms with Crippen molar-refractivity contribution >= 4 is 23.2 Å². The summed E-state index contributed by atoms with van der Waals surface area (Å²) < 4.78 is 5.64. The van der Waals surface area contributed by atoms with E-state index in [2.05, 4.69) is 39.6 Å². The van der Waals surface area contributed by atoms with Gasteiger partial charge in [0.25, 0.3) is 11.8 Å². The number of nitrogens with one attached hydrogen (secondary N) is 1. The molecule has 0 saturated carbocycles. The number of nitrogens with two attached hydrogens (primary N) is 1. The second kappa shape index (κ2) is 12.1. The van der Waals surface area contributed by atoms with Crippen LogP contribution in [-0.2, 0) is 0 Å². The van der Waals surface area contributed by atoms with E-state index in [9.17, 15) is 9.59 Å². The molecule has 0 radical (unpaired) electrons. The minimum absolute atomic E-state index is 0.0635. The summed E-state index contributed by atoms with van der Waals surface area (Å²) in [4.78, 5) is 32.2. The first-order valence-corrected chi connectivity index (χ1v) is 13.4. The molecular weight excluding hydrogens is 500 g/mol. The lowest BCUT2D eigenvalue weighted by molar-refractivity contribution is 0.0735. The third-order valence-corrected chi connectivity index (χ3v) is 7.19.